The van der Waals surface area contributed by atoms with Crippen molar-refractivity contribution >= 4 is 23.6 Å². The molecular formula is C12H15NO4S. The number of aliphatic hydroxyl groups excluding tert-OH is 1. The minimum absolute atomic E-state index is 0.0651. The number of amides is 1. The zero-order chi connectivity index (χ0) is 13.4. The number of rotatable bonds is 7. The van der Waals surface area contributed by atoms with E-state index in [0.29, 0.717) is 0 Å². The number of carbonyl (C=O) groups excluding carboxylic acids is 1. The number of aliphatic carboxylic acids is 1. The van der Waals surface area contributed by atoms with E-state index in [4.69, 9.17) is 5.11 Å². The Morgan fingerprint density at radius 3 is 2.44 bits per heavy atom. The van der Waals surface area contributed by atoms with Crippen LogP contribution in [0.15, 0.2) is 30.3 Å². The summed E-state index contributed by atoms with van der Waals surface area (Å²) in [5.74, 6) is -1.28. The number of carboxylic acid groups (broad SMARTS) is 1. The molecule has 0 radical (unpaired) electrons. The van der Waals surface area contributed by atoms with Gasteiger partial charge in [-0.3, -0.25) is 9.59 Å². The van der Waals surface area contributed by atoms with Gasteiger partial charge >= 0.3 is 5.97 Å². The van der Waals surface area contributed by atoms with Gasteiger partial charge in [0.15, 0.2) is 0 Å². The summed E-state index contributed by atoms with van der Waals surface area (Å²) >= 11 is 1.02. The molecule has 1 aromatic rings. The van der Waals surface area contributed by atoms with Gasteiger partial charge in [0.1, 0.15) is 0 Å². The van der Waals surface area contributed by atoms with Crippen LogP contribution in [0, 0.1) is 0 Å². The van der Waals surface area contributed by atoms with Crippen molar-refractivity contribution in [3.8, 4) is 0 Å². The van der Waals surface area contributed by atoms with E-state index < -0.39 is 12.0 Å². The molecule has 0 fully saturated rings. The maximum Gasteiger partial charge on any atom is 0.313 e. The second-order valence-corrected chi connectivity index (χ2v) is 4.59. The van der Waals surface area contributed by atoms with Gasteiger partial charge in [0.25, 0.3) is 0 Å². The molecular weight excluding hydrogens is 254 g/mol. The molecule has 0 aliphatic carbocycles. The van der Waals surface area contributed by atoms with Crippen molar-refractivity contribution in [2.45, 2.75) is 6.04 Å². The van der Waals surface area contributed by atoms with E-state index in [1.165, 1.54) is 0 Å². The largest absolute Gasteiger partial charge is 0.481 e. The summed E-state index contributed by atoms with van der Waals surface area (Å²) in [6.07, 6.45) is 0. The van der Waals surface area contributed by atoms with E-state index >= 15 is 0 Å². The standard InChI is InChI=1S/C12H15NO4S/c14-6-10(9-4-2-1-3-5-9)13-11(15)7-18-8-12(16)17/h1-5,10,14H,6-8H2,(H,13,15)(H,16,17). The first-order valence-corrected chi connectivity index (χ1v) is 6.53. The first-order valence-electron chi connectivity index (χ1n) is 5.38. The van der Waals surface area contributed by atoms with Crippen LogP contribution in [0.3, 0.4) is 0 Å². The third-order valence-corrected chi connectivity index (χ3v) is 3.10. The van der Waals surface area contributed by atoms with Crippen molar-refractivity contribution in [1.29, 1.82) is 0 Å². The van der Waals surface area contributed by atoms with Crippen LogP contribution in [0.2, 0.25) is 0 Å². The number of benzene rings is 1. The number of nitrogens with one attached hydrogen (secondary N) is 1. The fourth-order valence-electron chi connectivity index (χ4n) is 1.39. The maximum atomic E-state index is 11.5. The number of hydrogen-bond donors (Lipinski definition) is 3. The number of thioether (sulfide) groups is 1. The molecule has 0 bridgehead atoms. The van der Waals surface area contributed by atoms with Gasteiger partial charge < -0.3 is 15.5 Å². The monoisotopic (exact) mass is 269 g/mol. The summed E-state index contributed by atoms with van der Waals surface area (Å²) in [4.78, 5) is 21.8. The van der Waals surface area contributed by atoms with Gasteiger partial charge in [0, 0.05) is 0 Å². The van der Waals surface area contributed by atoms with Gasteiger partial charge in [-0.25, -0.2) is 0 Å². The van der Waals surface area contributed by atoms with Gasteiger partial charge in [-0.05, 0) is 5.56 Å². The average molecular weight is 269 g/mol. The Morgan fingerprint density at radius 1 is 1.22 bits per heavy atom. The summed E-state index contributed by atoms with van der Waals surface area (Å²) < 4.78 is 0. The van der Waals surface area contributed by atoms with Crippen molar-refractivity contribution in [3.63, 3.8) is 0 Å². The Balaban J connectivity index is 2.44. The first kappa shape index (κ1) is 14.5. The molecule has 5 nitrogen and oxygen atoms in total. The van der Waals surface area contributed by atoms with Crippen LogP contribution in [0.1, 0.15) is 11.6 Å². The summed E-state index contributed by atoms with van der Waals surface area (Å²) in [5.41, 5.74) is 0.816. The SMILES string of the molecule is O=C(O)CSCC(=O)NC(CO)c1ccccc1. The molecule has 1 unspecified atom stereocenters. The Bertz CT molecular complexity index is 396. The van der Waals surface area contributed by atoms with E-state index in [1.54, 1.807) is 0 Å². The van der Waals surface area contributed by atoms with E-state index in [9.17, 15) is 14.7 Å². The highest BCUT2D eigenvalue weighted by atomic mass is 32.2. The lowest BCUT2D eigenvalue weighted by atomic mass is 10.1. The van der Waals surface area contributed by atoms with Crippen LogP contribution >= 0.6 is 11.8 Å². The van der Waals surface area contributed by atoms with Gasteiger partial charge in [0.05, 0.1) is 24.2 Å². The molecule has 1 atom stereocenters. The average Bonchev–Trinajstić information content (AvgIpc) is 2.36. The zero-order valence-electron chi connectivity index (χ0n) is 9.70. The lowest BCUT2D eigenvalue weighted by Crippen LogP contribution is -2.32. The van der Waals surface area contributed by atoms with E-state index in [-0.39, 0.29) is 24.0 Å². The van der Waals surface area contributed by atoms with Crippen LogP contribution in [0.25, 0.3) is 0 Å². The molecule has 1 rings (SSSR count). The fourth-order valence-corrected chi connectivity index (χ4v) is 1.93. The molecule has 0 aliphatic heterocycles. The summed E-state index contributed by atoms with van der Waals surface area (Å²) in [5, 5.41) is 20.3. The zero-order valence-corrected chi connectivity index (χ0v) is 10.5. The second-order valence-electron chi connectivity index (χ2n) is 3.60. The Labute approximate surface area is 109 Å². The molecule has 6 heteroatoms. The highest BCUT2D eigenvalue weighted by Gasteiger charge is 2.13. The van der Waals surface area contributed by atoms with Crippen LogP contribution < -0.4 is 5.32 Å². The Hall–Kier alpha value is -1.53. The van der Waals surface area contributed by atoms with Gasteiger partial charge in [-0.1, -0.05) is 30.3 Å². The van der Waals surface area contributed by atoms with E-state index in [1.807, 2.05) is 30.3 Å². The topological polar surface area (TPSA) is 86.6 Å². The number of hydrogen-bond acceptors (Lipinski definition) is 4. The lowest BCUT2D eigenvalue weighted by molar-refractivity contribution is -0.133. The maximum absolute atomic E-state index is 11.5. The van der Waals surface area contributed by atoms with Gasteiger partial charge in [-0.15, -0.1) is 11.8 Å². The van der Waals surface area contributed by atoms with Crippen molar-refractivity contribution < 1.29 is 19.8 Å². The quantitative estimate of drug-likeness (QED) is 0.676. The smallest absolute Gasteiger partial charge is 0.313 e. The fraction of sp³-hybridized carbons (Fsp3) is 0.333. The molecule has 0 aliphatic rings. The molecule has 0 heterocycles. The van der Waals surface area contributed by atoms with Crippen molar-refractivity contribution in [2.75, 3.05) is 18.1 Å². The molecule has 18 heavy (non-hydrogen) atoms. The minimum Gasteiger partial charge on any atom is -0.481 e. The molecule has 1 amide bonds. The highest BCUT2D eigenvalue weighted by molar-refractivity contribution is 8.00. The number of carboxylic acids is 1. The predicted molar refractivity (Wildman–Crippen MR) is 69.4 cm³/mol. The molecule has 98 valence electrons. The summed E-state index contributed by atoms with van der Waals surface area (Å²) in [6, 6.07) is 8.66. The third-order valence-electron chi connectivity index (χ3n) is 2.18. The molecule has 1 aromatic carbocycles. The highest BCUT2D eigenvalue weighted by Crippen LogP contribution is 2.11. The minimum atomic E-state index is -0.949. The molecule has 0 aromatic heterocycles. The van der Waals surface area contributed by atoms with Gasteiger partial charge in [-0.2, -0.15) is 0 Å². The van der Waals surface area contributed by atoms with Crippen LogP contribution in [0.5, 0.6) is 0 Å². The van der Waals surface area contributed by atoms with Crippen molar-refractivity contribution in [1.82, 2.24) is 5.32 Å². The molecule has 0 saturated heterocycles. The Morgan fingerprint density at radius 2 is 1.89 bits per heavy atom. The first-order chi connectivity index (χ1) is 8.63. The predicted octanol–water partition coefficient (Wildman–Crippen LogP) is 0.654. The normalized spacial score (nSPS) is 11.8. The lowest BCUT2D eigenvalue weighted by Gasteiger charge is -2.16. The van der Waals surface area contributed by atoms with Gasteiger partial charge in [0.2, 0.25) is 5.91 Å². The number of aliphatic hydroxyl groups is 1. The van der Waals surface area contributed by atoms with Crippen LogP contribution in [-0.2, 0) is 9.59 Å². The van der Waals surface area contributed by atoms with Crippen molar-refractivity contribution in [3.05, 3.63) is 35.9 Å². The van der Waals surface area contributed by atoms with Crippen LogP contribution in [-0.4, -0.2) is 40.2 Å². The molecule has 3 N–H and O–H groups in total. The molecule has 0 saturated carbocycles. The summed E-state index contributed by atoms with van der Waals surface area (Å²) in [6.45, 7) is -0.195. The Kier molecular flexibility index (Phi) is 6.24. The van der Waals surface area contributed by atoms with E-state index in [0.717, 1.165) is 17.3 Å². The number of carbonyl (C=O) groups is 2. The molecule has 0 spiro atoms. The summed E-state index contributed by atoms with van der Waals surface area (Å²) in [7, 11) is 0. The van der Waals surface area contributed by atoms with Crippen molar-refractivity contribution in [2.24, 2.45) is 0 Å². The second kappa shape index (κ2) is 7.73. The van der Waals surface area contributed by atoms with E-state index in [2.05, 4.69) is 5.32 Å². The third kappa shape index (κ3) is 5.20. The van der Waals surface area contributed by atoms with Crippen LogP contribution in [0.4, 0.5) is 0 Å².